The molecule has 0 unspecified atom stereocenters. The van der Waals surface area contributed by atoms with Crippen molar-refractivity contribution in [3.05, 3.63) is 44.1 Å². The summed E-state index contributed by atoms with van der Waals surface area (Å²) in [6.45, 7) is 5.51. The number of methoxy groups -OCH3 is 1. The van der Waals surface area contributed by atoms with E-state index < -0.39 is 0 Å². The lowest BCUT2D eigenvalue weighted by Crippen LogP contribution is -2.46. The molecule has 3 aromatic rings. The maximum absolute atomic E-state index is 12.8. The number of nitriles is 1. The van der Waals surface area contributed by atoms with E-state index in [0.29, 0.717) is 29.5 Å². The highest BCUT2D eigenvalue weighted by Gasteiger charge is 2.31. The van der Waals surface area contributed by atoms with Gasteiger partial charge in [0, 0.05) is 37.3 Å². The van der Waals surface area contributed by atoms with Gasteiger partial charge in [0.05, 0.1) is 23.5 Å². The molecule has 9 heteroatoms. The van der Waals surface area contributed by atoms with E-state index in [2.05, 4.69) is 28.2 Å². The van der Waals surface area contributed by atoms with E-state index in [-0.39, 0.29) is 23.1 Å². The number of benzene rings is 1. The molecule has 1 saturated heterocycles. The second-order valence-corrected chi connectivity index (χ2v) is 9.51. The van der Waals surface area contributed by atoms with Crippen molar-refractivity contribution in [3.8, 4) is 11.8 Å². The minimum atomic E-state index is -0.271. The number of nitrogens with one attached hydrogen (secondary N) is 1. The molecule has 3 heterocycles. The molecule has 1 aromatic carbocycles. The third-order valence-electron chi connectivity index (χ3n) is 5.84. The van der Waals surface area contributed by atoms with Gasteiger partial charge in [0.25, 0.3) is 5.56 Å². The van der Waals surface area contributed by atoms with Gasteiger partial charge in [-0.15, -0.1) is 11.3 Å². The van der Waals surface area contributed by atoms with Crippen LogP contribution in [-0.2, 0) is 7.05 Å². The van der Waals surface area contributed by atoms with Crippen LogP contribution in [0.2, 0.25) is 5.02 Å². The fourth-order valence-electron chi connectivity index (χ4n) is 4.23. The van der Waals surface area contributed by atoms with Crippen LogP contribution in [0.5, 0.6) is 5.75 Å². The summed E-state index contributed by atoms with van der Waals surface area (Å²) in [7, 11) is 3.33. The Kier molecular flexibility index (Phi) is 5.82. The van der Waals surface area contributed by atoms with E-state index in [1.165, 1.54) is 15.9 Å². The van der Waals surface area contributed by atoms with Crippen LogP contribution in [0.25, 0.3) is 10.3 Å². The van der Waals surface area contributed by atoms with Gasteiger partial charge in [0.1, 0.15) is 27.7 Å². The normalized spacial score (nSPS) is 18.8. The molecule has 1 aliphatic heterocycles. The van der Waals surface area contributed by atoms with E-state index in [4.69, 9.17) is 16.3 Å². The molecule has 1 aliphatic rings. The number of hydrogen-bond acceptors (Lipinski definition) is 7. The van der Waals surface area contributed by atoms with Gasteiger partial charge in [0.2, 0.25) is 0 Å². The lowest BCUT2D eigenvalue weighted by atomic mass is 9.92. The Morgan fingerprint density at radius 1 is 1.42 bits per heavy atom. The van der Waals surface area contributed by atoms with Crippen molar-refractivity contribution >= 4 is 44.7 Å². The first-order valence-electron chi connectivity index (χ1n) is 10.1. The first-order valence-corrected chi connectivity index (χ1v) is 11.3. The number of anilines is 2. The lowest BCUT2D eigenvalue weighted by molar-refractivity contribution is 0.395. The number of fused-ring (bicyclic) bond motifs is 1. The number of piperidine rings is 1. The molecule has 2 atom stereocenters. The highest BCUT2D eigenvalue weighted by molar-refractivity contribution is 7.18. The van der Waals surface area contributed by atoms with Crippen molar-refractivity contribution in [1.29, 1.82) is 5.26 Å². The predicted octanol–water partition coefficient (Wildman–Crippen LogP) is 4.16. The van der Waals surface area contributed by atoms with Crippen LogP contribution < -0.4 is 20.5 Å². The van der Waals surface area contributed by atoms with Crippen LogP contribution >= 0.6 is 22.9 Å². The fourth-order valence-corrected chi connectivity index (χ4v) is 5.27. The Morgan fingerprint density at radius 2 is 2.19 bits per heavy atom. The average Bonchev–Trinajstić information content (AvgIpc) is 3.14. The van der Waals surface area contributed by atoms with Crippen LogP contribution in [0.1, 0.15) is 23.9 Å². The molecule has 0 radical (unpaired) electrons. The Morgan fingerprint density at radius 3 is 2.87 bits per heavy atom. The molecule has 0 spiro atoms. The topological polar surface area (TPSA) is 83.2 Å². The largest absolute Gasteiger partial charge is 0.495 e. The van der Waals surface area contributed by atoms with E-state index in [0.717, 1.165) is 27.5 Å². The van der Waals surface area contributed by atoms with Gasteiger partial charge in [-0.3, -0.25) is 4.79 Å². The second-order valence-electron chi connectivity index (χ2n) is 7.89. The van der Waals surface area contributed by atoms with Crippen LogP contribution in [-0.4, -0.2) is 35.8 Å². The van der Waals surface area contributed by atoms with Crippen LogP contribution in [0, 0.1) is 24.2 Å². The molecular formula is C22H24ClN5O2S. The second kappa shape index (κ2) is 8.40. The molecule has 0 amide bonds. The van der Waals surface area contributed by atoms with Gasteiger partial charge in [-0.05, 0) is 31.4 Å². The number of halogens is 1. The number of rotatable bonds is 4. The maximum atomic E-state index is 12.8. The quantitative estimate of drug-likeness (QED) is 0.633. The third kappa shape index (κ3) is 3.84. The van der Waals surface area contributed by atoms with Crippen molar-refractivity contribution in [2.24, 2.45) is 13.0 Å². The molecule has 1 N–H and O–H groups in total. The van der Waals surface area contributed by atoms with Crippen molar-refractivity contribution in [2.75, 3.05) is 30.4 Å². The molecule has 0 aliphatic carbocycles. The molecule has 162 valence electrons. The summed E-state index contributed by atoms with van der Waals surface area (Å²) >= 11 is 7.56. The Hall–Kier alpha value is -2.76. The first kappa shape index (κ1) is 21.5. The summed E-state index contributed by atoms with van der Waals surface area (Å²) < 4.78 is 7.00. The molecule has 2 aromatic heterocycles. The minimum absolute atomic E-state index is 0.165. The van der Waals surface area contributed by atoms with Gasteiger partial charge in [-0.2, -0.15) is 5.26 Å². The number of nitrogens with zero attached hydrogens (tertiary/aromatic N) is 4. The zero-order valence-electron chi connectivity index (χ0n) is 17.9. The summed E-state index contributed by atoms with van der Waals surface area (Å²) in [5.74, 6) is 0.972. The summed E-state index contributed by atoms with van der Waals surface area (Å²) in [4.78, 5) is 20.4. The number of thiazole rings is 1. The Labute approximate surface area is 189 Å². The van der Waals surface area contributed by atoms with Crippen molar-refractivity contribution < 1.29 is 4.74 Å². The Bertz CT molecular complexity index is 1250. The molecule has 31 heavy (non-hydrogen) atoms. The number of hydrogen-bond donors (Lipinski definition) is 1. The maximum Gasteiger partial charge on any atom is 0.271 e. The number of pyridine rings is 1. The number of ether oxygens (including phenoxy) is 1. The van der Waals surface area contributed by atoms with Crippen molar-refractivity contribution in [3.63, 3.8) is 0 Å². The first-order chi connectivity index (χ1) is 14.8. The molecule has 0 bridgehead atoms. The standard InChI is InChI=1S/C22H24ClN5O2S/c1-12-11-28(8-7-16(12)26-17-6-5-14(23)9-18(17)30-4)20-15(10-24)21(29)27(3)22-19(20)25-13(2)31-22/h5-6,9,12,16,26H,7-8,11H2,1-4H3/t12-,16+/m0/s1. The Balaban J connectivity index is 1.64. The molecule has 7 nitrogen and oxygen atoms in total. The monoisotopic (exact) mass is 457 g/mol. The van der Waals surface area contributed by atoms with Crippen LogP contribution in [0.3, 0.4) is 0 Å². The van der Waals surface area contributed by atoms with E-state index in [1.807, 2.05) is 19.1 Å². The smallest absolute Gasteiger partial charge is 0.271 e. The zero-order valence-corrected chi connectivity index (χ0v) is 19.5. The number of aryl methyl sites for hydroxylation is 2. The van der Waals surface area contributed by atoms with Crippen LogP contribution in [0.15, 0.2) is 23.0 Å². The molecule has 4 rings (SSSR count). The molecule has 1 fully saturated rings. The van der Waals surface area contributed by atoms with E-state index in [1.54, 1.807) is 20.2 Å². The lowest BCUT2D eigenvalue weighted by Gasteiger charge is -2.39. The number of aromatic nitrogens is 2. The fraction of sp³-hybridized carbons (Fsp3) is 0.409. The average molecular weight is 458 g/mol. The minimum Gasteiger partial charge on any atom is -0.495 e. The SMILES string of the molecule is COc1cc(Cl)ccc1N[C@@H]1CCN(c2c(C#N)c(=O)n(C)c3sc(C)nc23)C[C@@H]1C. The molecular weight excluding hydrogens is 434 g/mol. The summed E-state index contributed by atoms with van der Waals surface area (Å²) in [6, 6.07) is 7.92. The van der Waals surface area contributed by atoms with Crippen LogP contribution in [0.4, 0.5) is 11.4 Å². The van der Waals surface area contributed by atoms with Gasteiger partial charge in [-0.1, -0.05) is 18.5 Å². The summed E-state index contributed by atoms with van der Waals surface area (Å²) in [6.07, 6.45) is 0.845. The van der Waals surface area contributed by atoms with Crippen molar-refractivity contribution in [1.82, 2.24) is 9.55 Å². The van der Waals surface area contributed by atoms with Gasteiger partial charge < -0.3 is 19.5 Å². The summed E-state index contributed by atoms with van der Waals surface area (Å²) in [5.41, 5.74) is 2.20. The van der Waals surface area contributed by atoms with E-state index in [9.17, 15) is 10.1 Å². The highest BCUT2D eigenvalue weighted by atomic mass is 35.5. The van der Waals surface area contributed by atoms with E-state index >= 15 is 0 Å². The third-order valence-corrected chi connectivity index (χ3v) is 7.12. The zero-order chi connectivity index (χ0) is 22.3. The summed E-state index contributed by atoms with van der Waals surface area (Å²) in [5, 5.41) is 14.9. The molecule has 0 saturated carbocycles. The highest BCUT2D eigenvalue weighted by Crippen LogP contribution is 2.35. The predicted molar refractivity (Wildman–Crippen MR) is 126 cm³/mol. The van der Waals surface area contributed by atoms with Crippen molar-refractivity contribution in [2.45, 2.75) is 26.3 Å². The van der Waals surface area contributed by atoms with Gasteiger partial charge in [0.15, 0.2) is 0 Å². The van der Waals surface area contributed by atoms with Gasteiger partial charge >= 0.3 is 0 Å². The van der Waals surface area contributed by atoms with Gasteiger partial charge in [-0.25, -0.2) is 4.98 Å².